The second-order valence-corrected chi connectivity index (χ2v) is 22.6. The van der Waals surface area contributed by atoms with Crippen LogP contribution in [0.15, 0.2) is 95.0 Å². The quantitative estimate of drug-likeness (QED) is 0.0744. The van der Waals surface area contributed by atoms with Crippen molar-refractivity contribution in [3.63, 3.8) is 0 Å². The number of aromatic amines is 1. The number of ether oxygens (including phenoxy) is 1. The van der Waals surface area contributed by atoms with Gasteiger partial charge in [-0.1, -0.05) is 38.1 Å². The number of hydrogen-bond donors (Lipinski definition) is 4. The van der Waals surface area contributed by atoms with Crippen LogP contribution in [-0.2, 0) is 19.9 Å². The number of nitrogens with one attached hydrogen (secondary N) is 4. The molecule has 1 amide bonds. The SMILES string of the molecule is CC(C)c1ccccc1[C@@H]1CCCN1C1CC2(CCN(c3ccc(C(=O)NS(=O)(=O)c4ccc(NCCCN5CCNCC5)c(S(=O)(=O)C(F)(F)F)c4)c(Oc4cnc5[nH]ccc5c4)c3)CC2)C1. The largest absolute Gasteiger partial charge is 0.501 e. The number of sulfone groups is 1. The Morgan fingerprint density at radius 2 is 1.71 bits per heavy atom. The number of piperazine rings is 1. The number of benzene rings is 3. The van der Waals surface area contributed by atoms with Crippen molar-refractivity contribution in [3.8, 4) is 11.5 Å². The van der Waals surface area contributed by atoms with E-state index < -0.39 is 46.8 Å². The molecular formula is C49H59F3N8O6S2. The second kappa shape index (κ2) is 19.3. The third-order valence-corrected chi connectivity index (χ3v) is 17.2. The molecule has 1 saturated carbocycles. The second-order valence-electron chi connectivity index (χ2n) is 19.0. The minimum atomic E-state index is -6.02. The zero-order chi connectivity index (χ0) is 47.8. The highest BCUT2D eigenvalue weighted by molar-refractivity contribution is 7.92. The summed E-state index contributed by atoms with van der Waals surface area (Å²) in [6, 6.07) is 20.6. The Morgan fingerprint density at radius 3 is 2.46 bits per heavy atom. The number of anilines is 2. The van der Waals surface area contributed by atoms with Gasteiger partial charge in [-0.3, -0.25) is 9.69 Å². The first-order chi connectivity index (χ1) is 32.5. The minimum Gasteiger partial charge on any atom is -0.455 e. The molecule has 5 heterocycles. The number of pyridine rings is 1. The van der Waals surface area contributed by atoms with E-state index in [2.05, 4.69) is 73.4 Å². The van der Waals surface area contributed by atoms with Gasteiger partial charge < -0.3 is 30.2 Å². The number of nitrogens with zero attached hydrogens (tertiary/aromatic N) is 4. The summed E-state index contributed by atoms with van der Waals surface area (Å²) < 4.78 is 104. The van der Waals surface area contributed by atoms with Crippen LogP contribution < -0.4 is 25.0 Å². The number of H-pyrrole nitrogens is 1. The number of halogens is 3. The third-order valence-electron chi connectivity index (χ3n) is 14.3. The monoisotopic (exact) mass is 976 g/mol. The average molecular weight is 977 g/mol. The van der Waals surface area contributed by atoms with E-state index in [-0.39, 0.29) is 29.0 Å². The van der Waals surface area contributed by atoms with Crippen molar-refractivity contribution in [3.05, 3.63) is 102 Å². The molecule has 19 heteroatoms. The van der Waals surface area contributed by atoms with Crippen molar-refractivity contribution in [1.82, 2.24) is 29.8 Å². The highest BCUT2D eigenvalue weighted by Crippen LogP contribution is 2.54. The molecule has 14 nitrogen and oxygen atoms in total. The summed E-state index contributed by atoms with van der Waals surface area (Å²) in [5.41, 5.74) is -1.79. The number of hydrogen-bond acceptors (Lipinski definition) is 12. The van der Waals surface area contributed by atoms with Crippen LogP contribution in [0.3, 0.4) is 0 Å². The predicted octanol–water partition coefficient (Wildman–Crippen LogP) is 8.18. The van der Waals surface area contributed by atoms with E-state index in [9.17, 15) is 34.8 Å². The fourth-order valence-corrected chi connectivity index (χ4v) is 12.7. The minimum absolute atomic E-state index is 0.0262. The fourth-order valence-electron chi connectivity index (χ4n) is 10.7. The predicted molar refractivity (Wildman–Crippen MR) is 255 cm³/mol. The lowest BCUT2D eigenvalue weighted by Crippen LogP contribution is -2.54. The van der Waals surface area contributed by atoms with Crippen LogP contribution in [0.5, 0.6) is 11.5 Å². The molecule has 0 bridgehead atoms. The lowest BCUT2D eigenvalue weighted by Gasteiger charge is -2.56. The highest BCUT2D eigenvalue weighted by Gasteiger charge is 2.50. The molecule has 9 rings (SSSR count). The Bertz CT molecular complexity index is 2850. The van der Waals surface area contributed by atoms with Crippen LogP contribution in [0.2, 0.25) is 0 Å². The summed E-state index contributed by atoms with van der Waals surface area (Å²) in [7, 11) is -11.0. The van der Waals surface area contributed by atoms with Gasteiger partial charge in [-0.05, 0) is 123 Å². The Balaban J connectivity index is 0.915. The molecule has 1 aliphatic carbocycles. The van der Waals surface area contributed by atoms with E-state index in [1.165, 1.54) is 36.2 Å². The zero-order valence-electron chi connectivity index (χ0n) is 38.3. The number of likely N-dealkylation sites (tertiary alicyclic amines) is 1. The van der Waals surface area contributed by atoms with Gasteiger partial charge in [0.05, 0.1) is 22.3 Å². The molecule has 4 fully saturated rings. The van der Waals surface area contributed by atoms with Crippen LogP contribution in [0.4, 0.5) is 24.5 Å². The molecule has 4 aliphatic rings. The molecular weight excluding hydrogens is 918 g/mol. The Morgan fingerprint density at radius 1 is 0.941 bits per heavy atom. The molecule has 3 aromatic carbocycles. The van der Waals surface area contributed by atoms with E-state index in [4.69, 9.17) is 4.74 Å². The van der Waals surface area contributed by atoms with E-state index in [1.807, 2.05) is 4.72 Å². The molecule has 0 unspecified atom stereocenters. The Labute approximate surface area is 396 Å². The number of carbonyl (C=O) groups is 1. The van der Waals surface area contributed by atoms with Crippen molar-refractivity contribution >= 4 is 48.2 Å². The van der Waals surface area contributed by atoms with E-state index in [0.29, 0.717) is 42.7 Å². The summed E-state index contributed by atoms with van der Waals surface area (Å²) in [5, 5.41) is 6.73. The van der Waals surface area contributed by atoms with Gasteiger partial charge in [0.2, 0.25) is 0 Å². The molecule has 364 valence electrons. The van der Waals surface area contributed by atoms with Gasteiger partial charge in [-0.15, -0.1) is 0 Å². The number of rotatable bonds is 15. The van der Waals surface area contributed by atoms with Crippen LogP contribution in [0.25, 0.3) is 11.0 Å². The summed E-state index contributed by atoms with van der Waals surface area (Å²) in [4.78, 5) is 26.5. The summed E-state index contributed by atoms with van der Waals surface area (Å²) in [6.45, 7) is 11.2. The average Bonchev–Trinajstić information content (AvgIpc) is 4.00. The number of piperidine rings is 1. The first-order valence-corrected chi connectivity index (χ1v) is 26.5. The van der Waals surface area contributed by atoms with Crippen molar-refractivity contribution in [1.29, 1.82) is 0 Å². The number of sulfonamides is 1. The van der Waals surface area contributed by atoms with Crippen LogP contribution in [0.1, 0.15) is 92.2 Å². The Hall–Kier alpha value is -5.21. The van der Waals surface area contributed by atoms with E-state index >= 15 is 0 Å². The summed E-state index contributed by atoms with van der Waals surface area (Å²) in [6.07, 6.45) is 10.3. The first-order valence-electron chi connectivity index (χ1n) is 23.5. The molecule has 3 saturated heterocycles. The molecule has 3 aliphatic heterocycles. The first kappa shape index (κ1) is 47.8. The standard InChI is InChI=1S/C49H59F3N8O6S2/c1-33(2)39-7-3-4-8-40(39)43-9-5-22-60(43)36-30-48(31-36)15-23-59(24-16-48)35-10-12-41(44(28-35)66-37-27-34-14-18-55-46(34)56-32-37)47(61)57-68(64,65)38-11-13-42(45(29-38)67(62,63)49(50,51)52)54-17-6-21-58-25-19-53-20-26-58/h3-4,7-8,10-14,18,27-29,32-33,36,43,53-54H,5-6,9,15-17,19-26,30-31H2,1-2H3,(H,55,56)(H,57,61)/t43-/m0/s1. The van der Waals surface area contributed by atoms with E-state index in [1.54, 1.807) is 30.5 Å². The summed E-state index contributed by atoms with van der Waals surface area (Å²) in [5.74, 6) is -0.365. The van der Waals surface area contributed by atoms with Crippen LogP contribution in [0, 0.1) is 5.41 Å². The maximum Gasteiger partial charge on any atom is 0.501 e. The van der Waals surface area contributed by atoms with Gasteiger partial charge in [0.1, 0.15) is 22.0 Å². The smallest absolute Gasteiger partial charge is 0.455 e. The fraction of sp³-hybridized carbons (Fsp3) is 0.469. The lowest BCUT2D eigenvalue weighted by molar-refractivity contribution is -0.0435. The van der Waals surface area contributed by atoms with Gasteiger partial charge in [-0.2, -0.15) is 13.2 Å². The topological polar surface area (TPSA) is 169 Å². The zero-order valence-corrected chi connectivity index (χ0v) is 40.0. The van der Waals surface area contributed by atoms with Gasteiger partial charge >= 0.3 is 5.51 Å². The molecule has 68 heavy (non-hydrogen) atoms. The van der Waals surface area contributed by atoms with Gasteiger partial charge in [0, 0.05) is 81.2 Å². The molecule has 1 atom stereocenters. The summed E-state index contributed by atoms with van der Waals surface area (Å²) >= 11 is 0. The van der Waals surface area contributed by atoms with Gasteiger partial charge in [0.25, 0.3) is 25.8 Å². The highest BCUT2D eigenvalue weighted by atomic mass is 32.2. The molecule has 4 N–H and O–H groups in total. The van der Waals surface area contributed by atoms with Crippen molar-refractivity contribution in [2.24, 2.45) is 5.41 Å². The lowest BCUT2D eigenvalue weighted by atomic mass is 9.59. The molecule has 2 aromatic heterocycles. The van der Waals surface area contributed by atoms with Crippen LogP contribution >= 0.6 is 0 Å². The van der Waals surface area contributed by atoms with Gasteiger partial charge in [0.15, 0.2) is 0 Å². The maximum atomic E-state index is 14.0. The number of alkyl halides is 3. The van der Waals surface area contributed by atoms with Gasteiger partial charge in [-0.25, -0.2) is 26.5 Å². The van der Waals surface area contributed by atoms with E-state index in [0.717, 1.165) is 94.7 Å². The molecule has 0 radical (unpaired) electrons. The number of fused-ring (bicyclic) bond motifs is 1. The van der Waals surface area contributed by atoms with Crippen molar-refractivity contribution < 1.29 is 39.5 Å². The third kappa shape index (κ3) is 9.95. The van der Waals surface area contributed by atoms with Crippen molar-refractivity contribution in [2.45, 2.75) is 92.1 Å². The number of carbonyl (C=O) groups excluding carboxylic acids is 1. The van der Waals surface area contributed by atoms with Crippen molar-refractivity contribution in [2.75, 3.05) is 69.1 Å². The molecule has 5 aromatic rings. The Kier molecular flexibility index (Phi) is 13.6. The number of amides is 1. The number of aromatic nitrogens is 2. The normalized spacial score (nSPS) is 19.7. The molecule has 1 spiro atoms. The van der Waals surface area contributed by atoms with Crippen LogP contribution in [-0.4, -0.2) is 113 Å². The maximum absolute atomic E-state index is 14.0.